The van der Waals surface area contributed by atoms with Crippen molar-refractivity contribution in [1.82, 2.24) is 9.55 Å². The Morgan fingerprint density at radius 3 is 2.65 bits per heavy atom. The number of nitrogens with zero attached hydrogens (tertiary/aromatic N) is 2. The molecule has 0 aliphatic carbocycles. The highest BCUT2D eigenvalue weighted by molar-refractivity contribution is 5.64. The highest BCUT2D eigenvalue weighted by Gasteiger charge is 2.03. The highest BCUT2D eigenvalue weighted by Crippen LogP contribution is 2.25. The topological polar surface area (TPSA) is 27.1 Å². The summed E-state index contributed by atoms with van der Waals surface area (Å²) in [5.41, 5.74) is 2.27. The van der Waals surface area contributed by atoms with Crippen LogP contribution in [-0.2, 0) is 6.54 Å². The van der Waals surface area contributed by atoms with Crippen LogP contribution in [0.2, 0.25) is 0 Å². The lowest BCUT2D eigenvalue weighted by Crippen LogP contribution is -1.92. The first-order chi connectivity index (χ1) is 11.2. The van der Waals surface area contributed by atoms with E-state index in [1.165, 1.54) is 6.07 Å². The molecule has 0 amide bonds. The van der Waals surface area contributed by atoms with Crippen molar-refractivity contribution in [2.24, 2.45) is 0 Å². The summed E-state index contributed by atoms with van der Waals surface area (Å²) < 4.78 is 21.1. The van der Waals surface area contributed by atoms with Crippen LogP contribution in [0.15, 0.2) is 73.3 Å². The van der Waals surface area contributed by atoms with E-state index in [-0.39, 0.29) is 11.6 Å². The quantitative estimate of drug-likeness (QED) is 0.669. The lowest BCUT2D eigenvalue weighted by atomic mass is 10.1. The van der Waals surface area contributed by atoms with Crippen molar-refractivity contribution in [3.63, 3.8) is 0 Å². The molecule has 3 nitrogen and oxygen atoms in total. The van der Waals surface area contributed by atoms with Gasteiger partial charge in [-0.2, -0.15) is 0 Å². The molecule has 0 aliphatic rings. The molecule has 2 aromatic carbocycles. The molecule has 0 unspecified atom stereocenters. The first-order valence-electron chi connectivity index (χ1n) is 7.38. The van der Waals surface area contributed by atoms with E-state index in [9.17, 15) is 4.39 Å². The van der Waals surface area contributed by atoms with Gasteiger partial charge >= 0.3 is 0 Å². The number of benzene rings is 2. The molecular formula is C19H17FN2O. The summed E-state index contributed by atoms with van der Waals surface area (Å²) in [5, 5.41) is 0. The Morgan fingerprint density at radius 1 is 1.17 bits per heavy atom. The van der Waals surface area contributed by atoms with E-state index >= 15 is 0 Å². The van der Waals surface area contributed by atoms with Crippen LogP contribution in [0.25, 0.3) is 5.57 Å². The van der Waals surface area contributed by atoms with Crippen molar-refractivity contribution < 1.29 is 9.13 Å². The first-order valence-corrected chi connectivity index (χ1v) is 7.38. The Balaban J connectivity index is 1.69. The van der Waals surface area contributed by atoms with Crippen molar-refractivity contribution in [3.05, 3.63) is 84.7 Å². The molecule has 1 heterocycles. The fourth-order valence-corrected chi connectivity index (χ4v) is 2.20. The molecule has 4 heteroatoms. The third-order valence-corrected chi connectivity index (χ3v) is 3.54. The molecule has 0 radical (unpaired) electrons. The van der Waals surface area contributed by atoms with E-state index < -0.39 is 0 Å². The summed E-state index contributed by atoms with van der Waals surface area (Å²) in [6.45, 7) is 2.84. The second-order valence-electron chi connectivity index (χ2n) is 5.20. The molecule has 0 fully saturated rings. The molecule has 0 N–H and O–H groups in total. The zero-order valence-electron chi connectivity index (χ0n) is 12.8. The van der Waals surface area contributed by atoms with Gasteiger partial charge in [0, 0.05) is 18.9 Å². The minimum atomic E-state index is -0.368. The van der Waals surface area contributed by atoms with Crippen LogP contribution < -0.4 is 4.74 Å². The van der Waals surface area contributed by atoms with Crippen LogP contribution in [0.4, 0.5) is 4.39 Å². The van der Waals surface area contributed by atoms with Gasteiger partial charge in [-0.3, -0.25) is 0 Å². The highest BCUT2D eigenvalue weighted by atomic mass is 19.1. The predicted molar refractivity (Wildman–Crippen MR) is 88.8 cm³/mol. The molecule has 0 atom stereocenters. The maximum absolute atomic E-state index is 13.6. The van der Waals surface area contributed by atoms with Gasteiger partial charge in [0.25, 0.3) is 0 Å². The molecule has 3 rings (SSSR count). The van der Waals surface area contributed by atoms with Gasteiger partial charge in [-0.15, -0.1) is 0 Å². The molecule has 1 aromatic heterocycles. The van der Waals surface area contributed by atoms with Crippen LogP contribution in [0.1, 0.15) is 12.5 Å². The molecule has 23 heavy (non-hydrogen) atoms. The lowest BCUT2D eigenvalue weighted by Gasteiger charge is -2.08. The van der Waals surface area contributed by atoms with E-state index in [0.717, 1.165) is 17.7 Å². The van der Waals surface area contributed by atoms with Gasteiger partial charge in [0.15, 0.2) is 11.6 Å². The average molecular weight is 308 g/mol. The molecule has 0 bridgehead atoms. The van der Waals surface area contributed by atoms with Crippen molar-refractivity contribution >= 4 is 5.57 Å². The second-order valence-corrected chi connectivity index (χ2v) is 5.20. The fourth-order valence-electron chi connectivity index (χ4n) is 2.20. The summed E-state index contributed by atoms with van der Waals surface area (Å²) in [5.74, 6) is 0.474. The van der Waals surface area contributed by atoms with E-state index in [4.69, 9.17) is 4.74 Å². The number of hydrogen-bond acceptors (Lipinski definition) is 2. The predicted octanol–water partition coefficient (Wildman–Crippen LogP) is 4.92. The Hall–Kier alpha value is -2.88. The third-order valence-electron chi connectivity index (χ3n) is 3.54. The number of imidazole rings is 1. The minimum Gasteiger partial charge on any atom is -0.454 e. The maximum atomic E-state index is 13.6. The smallest absolute Gasteiger partial charge is 0.165 e. The zero-order valence-corrected chi connectivity index (χ0v) is 12.8. The van der Waals surface area contributed by atoms with Gasteiger partial charge in [-0.05, 0) is 42.3 Å². The number of ether oxygens (including phenoxy) is 1. The number of halogens is 1. The second kappa shape index (κ2) is 6.92. The third kappa shape index (κ3) is 3.86. The summed E-state index contributed by atoms with van der Waals surface area (Å²) >= 11 is 0. The van der Waals surface area contributed by atoms with Crippen LogP contribution in [-0.4, -0.2) is 9.55 Å². The summed E-state index contributed by atoms with van der Waals surface area (Å²) in [6, 6.07) is 14.0. The molecule has 116 valence electrons. The number of hydrogen-bond donors (Lipinski definition) is 0. The van der Waals surface area contributed by atoms with E-state index in [2.05, 4.69) is 18.0 Å². The molecule has 0 spiro atoms. The zero-order chi connectivity index (χ0) is 16.1. The van der Waals surface area contributed by atoms with Crippen LogP contribution in [0.3, 0.4) is 0 Å². The average Bonchev–Trinajstić information content (AvgIpc) is 3.09. The van der Waals surface area contributed by atoms with Crippen LogP contribution >= 0.6 is 0 Å². The van der Waals surface area contributed by atoms with Crippen LogP contribution in [0, 0.1) is 5.82 Å². The van der Waals surface area contributed by atoms with Gasteiger partial charge in [0.05, 0.1) is 6.33 Å². The van der Waals surface area contributed by atoms with Gasteiger partial charge in [0.2, 0.25) is 0 Å². The molecule has 3 aromatic rings. The van der Waals surface area contributed by atoms with Crippen molar-refractivity contribution in [2.45, 2.75) is 13.5 Å². The van der Waals surface area contributed by atoms with Crippen molar-refractivity contribution in [1.29, 1.82) is 0 Å². The first kappa shape index (κ1) is 15.0. The molecule has 0 aliphatic heterocycles. The largest absolute Gasteiger partial charge is 0.454 e. The summed E-state index contributed by atoms with van der Waals surface area (Å²) in [6.07, 6.45) is 7.61. The van der Waals surface area contributed by atoms with E-state index in [1.807, 2.05) is 35.0 Å². The minimum absolute atomic E-state index is 0.229. The number of rotatable bonds is 5. The maximum Gasteiger partial charge on any atom is 0.165 e. The Kier molecular flexibility index (Phi) is 4.52. The normalized spacial score (nSPS) is 11.5. The Labute approximate surface area is 134 Å². The number of para-hydroxylation sites is 1. The van der Waals surface area contributed by atoms with Gasteiger partial charge in [-0.25, -0.2) is 9.37 Å². The summed E-state index contributed by atoms with van der Waals surface area (Å²) in [4.78, 5) is 4.02. The van der Waals surface area contributed by atoms with Gasteiger partial charge in [-0.1, -0.05) is 30.3 Å². The Bertz CT molecular complexity index is 793. The molecule has 0 saturated carbocycles. The van der Waals surface area contributed by atoms with Gasteiger partial charge in [0.1, 0.15) is 5.75 Å². The van der Waals surface area contributed by atoms with E-state index in [0.29, 0.717) is 5.75 Å². The summed E-state index contributed by atoms with van der Waals surface area (Å²) in [7, 11) is 0. The van der Waals surface area contributed by atoms with Crippen molar-refractivity contribution in [3.8, 4) is 11.5 Å². The number of allylic oxidation sites excluding steroid dienone is 2. The Morgan fingerprint density at radius 2 is 1.96 bits per heavy atom. The van der Waals surface area contributed by atoms with Crippen molar-refractivity contribution in [2.75, 3.05) is 0 Å². The van der Waals surface area contributed by atoms with Crippen LogP contribution in [0.5, 0.6) is 11.5 Å². The lowest BCUT2D eigenvalue weighted by molar-refractivity contribution is 0.442. The standard InChI is InChI=1S/C19H17FN2O/c1-15(10-12-22-13-11-21-14-22)16-6-8-17(9-7-16)23-19-5-3-2-4-18(19)20/h2-11,13-14H,12H2,1H3. The van der Waals surface area contributed by atoms with Gasteiger partial charge < -0.3 is 9.30 Å². The fraction of sp³-hybridized carbons (Fsp3) is 0.105. The number of aromatic nitrogens is 2. The monoisotopic (exact) mass is 308 g/mol. The van der Waals surface area contributed by atoms with E-state index in [1.54, 1.807) is 30.7 Å². The molecule has 0 saturated heterocycles. The molecular weight excluding hydrogens is 291 g/mol. The SMILES string of the molecule is CC(=CCn1ccnc1)c1ccc(Oc2ccccc2F)cc1.